The van der Waals surface area contributed by atoms with Gasteiger partial charge in [-0.25, -0.2) is 0 Å². The monoisotopic (exact) mass is 262 g/mol. The van der Waals surface area contributed by atoms with Crippen LogP contribution in [0.25, 0.3) is 0 Å². The van der Waals surface area contributed by atoms with Gasteiger partial charge < -0.3 is 10.1 Å². The zero-order valence-corrected chi connectivity index (χ0v) is 11.8. The Morgan fingerprint density at radius 3 is 2.53 bits per heavy atom. The zero-order chi connectivity index (χ0) is 14.3. The molecule has 0 fully saturated rings. The molecule has 0 aromatic heterocycles. The van der Waals surface area contributed by atoms with E-state index in [9.17, 15) is 4.79 Å². The predicted octanol–water partition coefficient (Wildman–Crippen LogP) is 2.04. The van der Waals surface area contributed by atoms with E-state index in [1.165, 1.54) is 0 Å². The Morgan fingerprint density at radius 1 is 1.37 bits per heavy atom. The number of rotatable bonds is 7. The molecule has 0 saturated heterocycles. The van der Waals surface area contributed by atoms with Crippen LogP contribution in [0.4, 0.5) is 0 Å². The molecule has 2 unspecified atom stereocenters. The molecular formula is C15H22N2O2. The zero-order valence-electron chi connectivity index (χ0n) is 11.8. The van der Waals surface area contributed by atoms with Gasteiger partial charge in [-0.3, -0.25) is 10.1 Å². The van der Waals surface area contributed by atoms with E-state index in [1.54, 1.807) is 13.2 Å². The van der Waals surface area contributed by atoms with Gasteiger partial charge in [-0.2, -0.15) is 0 Å². The number of nitrogens with one attached hydrogen (secondary N) is 2. The summed E-state index contributed by atoms with van der Waals surface area (Å²) in [5.74, 6) is 0.799. The Hall–Kier alpha value is -1.81. The Morgan fingerprint density at radius 2 is 2.00 bits per heavy atom. The first-order valence-electron chi connectivity index (χ1n) is 6.37. The van der Waals surface area contributed by atoms with E-state index >= 15 is 0 Å². The van der Waals surface area contributed by atoms with E-state index in [1.807, 2.05) is 38.1 Å². The van der Waals surface area contributed by atoms with Crippen LogP contribution in [0.1, 0.15) is 25.5 Å². The minimum atomic E-state index is -0.253. The van der Waals surface area contributed by atoms with Crippen molar-refractivity contribution in [1.29, 1.82) is 0 Å². The Balaban J connectivity index is 2.55. The molecule has 0 aliphatic heterocycles. The van der Waals surface area contributed by atoms with E-state index in [0.717, 1.165) is 11.3 Å². The van der Waals surface area contributed by atoms with Crippen LogP contribution in [-0.2, 0) is 4.79 Å². The summed E-state index contributed by atoms with van der Waals surface area (Å²) < 4.78 is 5.12. The average Bonchev–Trinajstić information content (AvgIpc) is 2.44. The molecule has 0 aliphatic rings. The lowest BCUT2D eigenvalue weighted by Crippen LogP contribution is -2.43. The fourth-order valence-electron chi connectivity index (χ4n) is 1.77. The topological polar surface area (TPSA) is 50.4 Å². The molecule has 0 bridgehead atoms. The second-order valence-electron chi connectivity index (χ2n) is 4.42. The third-order valence-electron chi connectivity index (χ3n) is 2.93. The van der Waals surface area contributed by atoms with E-state index in [0.29, 0.717) is 6.54 Å². The van der Waals surface area contributed by atoms with Gasteiger partial charge in [-0.15, -0.1) is 6.58 Å². The standard InChI is InChI=1S/C15H22N2O2/c1-5-10-16-15(18)12(3)17-11(2)13-6-8-14(19-4)9-7-13/h5-9,11-12,17H,1,10H2,2-4H3,(H,16,18). The molecule has 4 heteroatoms. The van der Waals surface area contributed by atoms with Crippen molar-refractivity contribution in [3.63, 3.8) is 0 Å². The average molecular weight is 262 g/mol. The maximum atomic E-state index is 11.7. The van der Waals surface area contributed by atoms with Crippen molar-refractivity contribution in [1.82, 2.24) is 10.6 Å². The lowest BCUT2D eigenvalue weighted by molar-refractivity contribution is -0.122. The van der Waals surface area contributed by atoms with Crippen LogP contribution in [0.2, 0.25) is 0 Å². The fraction of sp³-hybridized carbons (Fsp3) is 0.400. The summed E-state index contributed by atoms with van der Waals surface area (Å²) in [6.07, 6.45) is 1.66. The molecule has 0 radical (unpaired) electrons. The first kappa shape index (κ1) is 15.2. The predicted molar refractivity (Wildman–Crippen MR) is 77.2 cm³/mol. The van der Waals surface area contributed by atoms with Crippen molar-refractivity contribution >= 4 is 5.91 Å². The summed E-state index contributed by atoms with van der Waals surface area (Å²) in [5.41, 5.74) is 1.11. The molecule has 19 heavy (non-hydrogen) atoms. The second-order valence-corrected chi connectivity index (χ2v) is 4.42. The second kappa shape index (κ2) is 7.59. The molecule has 2 atom stereocenters. The largest absolute Gasteiger partial charge is 0.497 e. The van der Waals surface area contributed by atoms with Gasteiger partial charge in [0.05, 0.1) is 13.2 Å². The highest BCUT2D eigenvalue weighted by Crippen LogP contribution is 2.17. The van der Waals surface area contributed by atoms with Crippen molar-refractivity contribution in [2.24, 2.45) is 0 Å². The minimum Gasteiger partial charge on any atom is -0.497 e. The molecule has 1 aromatic rings. The summed E-state index contributed by atoms with van der Waals surface area (Å²) >= 11 is 0. The van der Waals surface area contributed by atoms with Crippen LogP contribution in [0.3, 0.4) is 0 Å². The number of carbonyl (C=O) groups is 1. The lowest BCUT2D eigenvalue weighted by atomic mass is 10.1. The molecule has 104 valence electrons. The Labute approximate surface area is 114 Å². The smallest absolute Gasteiger partial charge is 0.237 e. The third-order valence-corrected chi connectivity index (χ3v) is 2.93. The Kier molecular flexibility index (Phi) is 6.09. The first-order chi connectivity index (χ1) is 9.08. The minimum absolute atomic E-state index is 0.0275. The number of benzene rings is 1. The van der Waals surface area contributed by atoms with Crippen molar-refractivity contribution < 1.29 is 9.53 Å². The number of carbonyl (C=O) groups excluding carboxylic acids is 1. The van der Waals surface area contributed by atoms with Gasteiger partial charge in [0.25, 0.3) is 0 Å². The van der Waals surface area contributed by atoms with Gasteiger partial charge in [0.15, 0.2) is 0 Å². The van der Waals surface area contributed by atoms with Crippen molar-refractivity contribution in [2.45, 2.75) is 25.9 Å². The van der Waals surface area contributed by atoms with E-state index < -0.39 is 0 Å². The number of methoxy groups -OCH3 is 1. The summed E-state index contributed by atoms with van der Waals surface area (Å²) in [7, 11) is 1.64. The van der Waals surface area contributed by atoms with Crippen LogP contribution < -0.4 is 15.4 Å². The lowest BCUT2D eigenvalue weighted by Gasteiger charge is -2.20. The van der Waals surface area contributed by atoms with Crippen LogP contribution in [0.5, 0.6) is 5.75 Å². The molecule has 0 aliphatic carbocycles. The van der Waals surface area contributed by atoms with Crippen molar-refractivity contribution in [3.8, 4) is 5.75 Å². The molecule has 2 N–H and O–H groups in total. The van der Waals surface area contributed by atoms with Gasteiger partial charge in [0.2, 0.25) is 5.91 Å². The SMILES string of the molecule is C=CCNC(=O)C(C)NC(C)c1ccc(OC)cc1. The molecule has 1 rings (SSSR count). The van der Waals surface area contributed by atoms with Crippen LogP contribution in [0, 0.1) is 0 Å². The third kappa shape index (κ3) is 4.75. The van der Waals surface area contributed by atoms with Gasteiger partial charge in [0, 0.05) is 12.6 Å². The van der Waals surface area contributed by atoms with E-state index in [4.69, 9.17) is 4.74 Å². The quantitative estimate of drug-likeness (QED) is 0.739. The maximum absolute atomic E-state index is 11.7. The van der Waals surface area contributed by atoms with Crippen molar-refractivity contribution in [2.75, 3.05) is 13.7 Å². The summed E-state index contributed by atoms with van der Waals surface area (Å²) in [4.78, 5) is 11.7. The summed E-state index contributed by atoms with van der Waals surface area (Å²) in [6.45, 7) is 7.93. The molecule has 0 heterocycles. The molecule has 0 saturated carbocycles. The van der Waals surface area contributed by atoms with Crippen molar-refractivity contribution in [3.05, 3.63) is 42.5 Å². The van der Waals surface area contributed by atoms with Gasteiger partial charge in [0.1, 0.15) is 5.75 Å². The van der Waals surface area contributed by atoms with Crippen LogP contribution in [-0.4, -0.2) is 25.6 Å². The first-order valence-corrected chi connectivity index (χ1v) is 6.37. The molecule has 0 spiro atoms. The number of amides is 1. The molecular weight excluding hydrogens is 240 g/mol. The van der Waals surface area contributed by atoms with E-state index in [-0.39, 0.29) is 18.0 Å². The number of hydrogen-bond acceptors (Lipinski definition) is 3. The normalized spacial score (nSPS) is 13.4. The highest BCUT2D eigenvalue weighted by Gasteiger charge is 2.15. The van der Waals surface area contributed by atoms with Gasteiger partial charge in [-0.1, -0.05) is 18.2 Å². The molecule has 1 amide bonds. The number of hydrogen-bond donors (Lipinski definition) is 2. The number of ether oxygens (including phenoxy) is 1. The highest BCUT2D eigenvalue weighted by molar-refractivity contribution is 5.81. The summed E-state index contributed by atoms with van der Waals surface area (Å²) in [6, 6.07) is 7.65. The highest BCUT2D eigenvalue weighted by atomic mass is 16.5. The summed E-state index contributed by atoms with van der Waals surface area (Å²) in [5, 5.41) is 6.02. The van der Waals surface area contributed by atoms with Crippen LogP contribution in [0.15, 0.2) is 36.9 Å². The fourth-order valence-corrected chi connectivity index (χ4v) is 1.77. The maximum Gasteiger partial charge on any atom is 0.237 e. The molecule has 4 nitrogen and oxygen atoms in total. The van der Waals surface area contributed by atoms with E-state index in [2.05, 4.69) is 17.2 Å². The van der Waals surface area contributed by atoms with Gasteiger partial charge >= 0.3 is 0 Å². The Bertz CT molecular complexity index is 415. The van der Waals surface area contributed by atoms with Gasteiger partial charge in [-0.05, 0) is 31.5 Å². The molecule has 1 aromatic carbocycles. The van der Waals surface area contributed by atoms with Crippen LogP contribution >= 0.6 is 0 Å².